The van der Waals surface area contributed by atoms with E-state index in [9.17, 15) is 9.59 Å². The summed E-state index contributed by atoms with van der Waals surface area (Å²) < 4.78 is 0. The first-order chi connectivity index (χ1) is 12.6. The molecule has 0 spiro atoms. The molecule has 3 rings (SSSR count). The minimum atomic E-state index is -0.113. The molecule has 2 aromatic carbocycles. The van der Waals surface area contributed by atoms with Gasteiger partial charge in [0.25, 0.3) is 5.91 Å². The van der Waals surface area contributed by atoms with Crippen molar-refractivity contribution < 1.29 is 9.59 Å². The van der Waals surface area contributed by atoms with Crippen molar-refractivity contribution in [2.75, 3.05) is 35.3 Å². The maximum atomic E-state index is 12.7. The molecule has 2 amide bonds. The number of benzene rings is 2. The lowest BCUT2D eigenvalue weighted by atomic mass is 10.1. The van der Waals surface area contributed by atoms with E-state index in [4.69, 9.17) is 0 Å². The van der Waals surface area contributed by atoms with Crippen LogP contribution < -0.4 is 15.5 Å². The number of para-hydroxylation sites is 1. The number of carbonyl (C=O) groups is 2. The van der Waals surface area contributed by atoms with E-state index in [0.29, 0.717) is 17.7 Å². The van der Waals surface area contributed by atoms with E-state index < -0.39 is 0 Å². The number of hydrogen-bond acceptors (Lipinski definition) is 4. The molecule has 1 aliphatic heterocycles. The lowest BCUT2D eigenvalue weighted by Gasteiger charge is -2.22. The van der Waals surface area contributed by atoms with E-state index >= 15 is 0 Å². The maximum absolute atomic E-state index is 12.7. The smallest absolute Gasteiger partial charge is 0.258 e. The predicted molar refractivity (Wildman–Crippen MR) is 115 cm³/mol. The summed E-state index contributed by atoms with van der Waals surface area (Å²) in [6.45, 7) is 0.943. The van der Waals surface area contributed by atoms with Gasteiger partial charge in [-0.25, -0.2) is 0 Å². The second-order valence-corrected chi connectivity index (χ2v) is 7.41. The second kappa shape index (κ2) is 10.3. The lowest BCUT2D eigenvalue weighted by Crippen LogP contribution is -2.39. The van der Waals surface area contributed by atoms with Gasteiger partial charge in [0, 0.05) is 54.5 Å². The summed E-state index contributed by atoms with van der Waals surface area (Å²) in [5.74, 6) is 1.90. The van der Waals surface area contributed by atoms with E-state index in [2.05, 4.69) is 10.6 Å². The van der Waals surface area contributed by atoms with Gasteiger partial charge in [0.2, 0.25) is 5.91 Å². The van der Waals surface area contributed by atoms with Crippen molar-refractivity contribution in [3.63, 3.8) is 0 Å². The molecular formula is C20H24ClN3O2S. The predicted octanol–water partition coefficient (Wildman–Crippen LogP) is 3.42. The number of nitrogens with zero attached hydrogens (tertiary/aromatic N) is 1. The van der Waals surface area contributed by atoms with Crippen molar-refractivity contribution in [1.29, 1.82) is 0 Å². The average Bonchev–Trinajstić information content (AvgIpc) is 2.68. The number of thioether (sulfide) groups is 1. The van der Waals surface area contributed by atoms with Crippen LogP contribution in [-0.4, -0.2) is 43.0 Å². The van der Waals surface area contributed by atoms with Crippen molar-refractivity contribution in [2.24, 2.45) is 0 Å². The summed E-state index contributed by atoms with van der Waals surface area (Å²) in [6.07, 6.45) is 0.440. The van der Waals surface area contributed by atoms with E-state index in [-0.39, 0.29) is 30.3 Å². The minimum absolute atomic E-state index is 0. The highest BCUT2D eigenvalue weighted by atomic mass is 35.5. The van der Waals surface area contributed by atoms with E-state index in [1.165, 1.54) is 0 Å². The fourth-order valence-electron chi connectivity index (χ4n) is 2.88. The molecule has 2 N–H and O–H groups in total. The zero-order valence-corrected chi connectivity index (χ0v) is 16.8. The minimum Gasteiger partial charge on any atom is -0.326 e. The van der Waals surface area contributed by atoms with Crippen LogP contribution in [0.4, 0.5) is 11.4 Å². The van der Waals surface area contributed by atoms with Crippen molar-refractivity contribution in [2.45, 2.75) is 12.5 Å². The molecule has 0 aliphatic carbocycles. The quantitative estimate of drug-likeness (QED) is 0.800. The summed E-state index contributed by atoms with van der Waals surface area (Å²) >= 11 is 1.87. The molecule has 2 aromatic rings. The van der Waals surface area contributed by atoms with E-state index in [1.54, 1.807) is 36.2 Å². The van der Waals surface area contributed by atoms with Gasteiger partial charge in [-0.3, -0.25) is 9.59 Å². The molecule has 0 radical (unpaired) electrons. The van der Waals surface area contributed by atoms with Crippen LogP contribution >= 0.6 is 24.2 Å². The Kier molecular flexibility index (Phi) is 8.16. The number of anilines is 2. The number of carbonyl (C=O) groups excluding carboxylic acids is 2. The molecular weight excluding hydrogens is 382 g/mol. The van der Waals surface area contributed by atoms with Crippen LogP contribution in [0.1, 0.15) is 16.8 Å². The zero-order valence-electron chi connectivity index (χ0n) is 15.2. The Labute approximate surface area is 170 Å². The van der Waals surface area contributed by atoms with Gasteiger partial charge in [-0.05, 0) is 30.3 Å². The average molecular weight is 406 g/mol. The van der Waals surface area contributed by atoms with Crippen LogP contribution in [0.2, 0.25) is 0 Å². The number of nitrogens with one attached hydrogen (secondary N) is 2. The molecule has 1 heterocycles. The third-order valence-electron chi connectivity index (χ3n) is 4.27. The normalized spacial score (nSPS) is 16.1. The van der Waals surface area contributed by atoms with Crippen molar-refractivity contribution in [3.05, 3.63) is 60.2 Å². The monoisotopic (exact) mass is 405 g/mol. The number of amides is 2. The molecule has 1 aliphatic rings. The summed E-state index contributed by atoms with van der Waals surface area (Å²) in [5.41, 5.74) is 2.01. The van der Waals surface area contributed by atoms with Gasteiger partial charge in [-0.1, -0.05) is 24.3 Å². The fourth-order valence-corrected chi connectivity index (χ4v) is 3.83. The highest BCUT2D eigenvalue weighted by molar-refractivity contribution is 7.99. The molecule has 0 aromatic heterocycles. The van der Waals surface area contributed by atoms with Gasteiger partial charge in [0.05, 0.1) is 0 Å². The molecule has 1 unspecified atom stereocenters. The van der Waals surface area contributed by atoms with Crippen LogP contribution in [0.25, 0.3) is 0 Å². The highest BCUT2D eigenvalue weighted by Crippen LogP contribution is 2.18. The lowest BCUT2D eigenvalue weighted by molar-refractivity contribution is -0.116. The first-order valence-electron chi connectivity index (χ1n) is 8.67. The summed E-state index contributed by atoms with van der Waals surface area (Å²) in [6, 6.07) is 16.8. The topological polar surface area (TPSA) is 61.4 Å². The van der Waals surface area contributed by atoms with Gasteiger partial charge in [-0.2, -0.15) is 11.8 Å². The standard InChI is InChI=1S/C20H23N3O2S.ClH/c1-23(18-8-3-2-4-9-18)20(25)15-6-5-7-16(12-15)22-19(24)13-17-14-26-11-10-21-17;/h2-9,12,17,21H,10-11,13-14H2,1H3,(H,22,24);1H. The number of hydrogen-bond donors (Lipinski definition) is 2. The Hall–Kier alpha value is -2.02. The Morgan fingerprint density at radius 1 is 1.19 bits per heavy atom. The van der Waals surface area contributed by atoms with E-state index in [0.717, 1.165) is 23.7 Å². The van der Waals surface area contributed by atoms with Crippen LogP contribution in [0.15, 0.2) is 54.6 Å². The molecule has 5 nitrogen and oxygen atoms in total. The first-order valence-corrected chi connectivity index (χ1v) is 9.83. The summed E-state index contributed by atoms with van der Waals surface area (Å²) in [5, 5.41) is 6.26. The van der Waals surface area contributed by atoms with E-state index in [1.807, 2.05) is 42.1 Å². The third kappa shape index (κ3) is 5.99. The Bertz CT molecular complexity index is 767. The number of halogens is 1. The van der Waals surface area contributed by atoms with Crippen LogP contribution in [0.5, 0.6) is 0 Å². The molecule has 144 valence electrons. The molecule has 7 heteroatoms. The van der Waals surface area contributed by atoms with Gasteiger partial charge in [-0.15, -0.1) is 12.4 Å². The van der Waals surface area contributed by atoms with Crippen LogP contribution in [0, 0.1) is 0 Å². The Morgan fingerprint density at radius 3 is 2.67 bits per heavy atom. The van der Waals surface area contributed by atoms with Gasteiger partial charge in [0.15, 0.2) is 0 Å². The molecule has 1 saturated heterocycles. The largest absolute Gasteiger partial charge is 0.326 e. The molecule has 0 bridgehead atoms. The Morgan fingerprint density at radius 2 is 1.96 bits per heavy atom. The third-order valence-corrected chi connectivity index (χ3v) is 5.40. The van der Waals surface area contributed by atoms with Gasteiger partial charge < -0.3 is 15.5 Å². The van der Waals surface area contributed by atoms with Crippen molar-refractivity contribution in [1.82, 2.24) is 5.32 Å². The SMILES string of the molecule is CN(C(=O)c1cccc(NC(=O)CC2CSCCN2)c1)c1ccccc1.Cl. The fraction of sp³-hybridized carbons (Fsp3) is 0.300. The summed E-state index contributed by atoms with van der Waals surface area (Å²) in [4.78, 5) is 26.6. The zero-order chi connectivity index (χ0) is 18.4. The Balaban J connectivity index is 0.00000261. The van der Waals surface area contributed by atoms with Crippen LogP contribution in [0.3, 0.4) is 0 Å². The van der Waals surface area contributed by atoms with Gasteiger partial charge >= 0.3 is 0 Å². The van der Waals surface area contributed by atoms with Crippen molar-refractivity contribution >= 4 is 47.4 Å². The molecule has 0 saturated carbocycles. The van der Waals surface area contributed by atoms with Gasteiger partial charge in [0.1, 0.15) is 0 Å². The second-order valence-electron chi connectivity index (χ2n) is 6.26. The molecule has 1 fully saturated rings. The van der Waals surface area contributed by atoms with Crippen LogP contribution in [-0.2, 0) is 4.79 Å². The number of rotatable bonds is 5. The molecule has 27 heavy (non-hydrogen) atoms. The van der Waals surface area contributed by atoms with Crippen molar-refractivity contribution in [3.8, 4) is 0 Å². The highest BCUT2D eigenvalue weighted by Gasteiger charge is 2.18. The maximum Gasteiger partial charge on any atom is 0.258 e. The summed E-state index contributed by atoms with van der Waals surface area (Å²) in [7, 11) is 1.75. The first kappa shape index (κ1) is 21.3. The molecule has 1 atom stereocenters.